The molecule has 130 valence electrons. The molecule has 2 rings (SSSR count). The van der Waals surface area contributed by atoms with Crippen LogP contribution in [0.15, 0.2) is 35.5 Å². The smallest absolute Gasteiger partial charge is 0.324 e. The fraction of sp³-hybridized carbons (Fsp3) is 0.438. The molecule has 1 aromatic rings. The number of oxime groups is 1. The highest BCUT2D eigenvalue weighted by Crippen LogP contribution is 2.14. The Morgan fingerprint density at radius 2 is 2.12 bits per heavy atom. The minimum Gasteiger partial charge on any atom is -0.410 e. The van der Waals surface area contributed by atoms with Crippen LogP contribution in [0.4, 0.5) is 4.79 Å². The average molecular weight is 351 g/mol. The number of carbonyl (C=O) groups is 2. The summed E-state index contributed by atoms with van der Waals surface area (Å²) in [4.78, 5) is 24.9. The first kappa shape index (κ1) is 18.3. The number of carbonyl (C=O) groups excluding carboxylic acids is 2. The highest BCUT2D eigenvalue weighted by atomic mass is 32.2. The van der Waals surface area contributed by atoms with Crippen molar-refractivity contribution >= 4 is 28.7 Å². The first-order valence-electron chi connectivity index (χ1n) is 7.78. The number of nitrogens with one attached hydrogen (secondary N) is 1. The van der Waals surface area contributed by atoms with E-state index in [2.05, 4.69) is 10.5 Å². The Hall–Kier alpha value is -2.06. The summed E-state index contributed by atoms with van der Waals surface area (Å²) in [5, 5.41) is 14.3. The molecule has 1 heterocycles. The summed E-state index contributed by atoms with van der Waals surface area (Å²) in [6.45, 7) is 1.98. The average Bonchev–Trinajstić information content (AvgIpc) is 2.61. The molecule has 2 N–H and O–H groups in total. The van der Waals surface area contributed by atoms with Crippen molar-refractivity contribution in [3.05, 3.63) is 35.9 Å². The molecule has 24 heavy (non-hydrogen) atoms. The van der Waals surface area contributed by atoms with Crippen molar-refractivity contribution in [1.82, 2.24) is 10.2 Å². The first-order chi connectivity index (χ1) is 11.7. The SMILES string of the molecule is O=C(NCCCCOCc1ccccc1)N1CCSC(=NO)C1=O. The molecule has 1 saturated heterocycles. The lowest BCUT2D eigenvalue weighted by Gasteiger charge is -2.24. The van der Waals surface area contributed by atoms with Gasteiger partial charge in [-0.15, -0.1) is 0 Å². The molecule has 0 saturated carbocycles. The molecule has 0 aliphatic carbocycles. The van der Waals surface area contributed by atoms with Gasteiger partial charge in [0.05, 0.1) is 6.61 Å². The summed E-state index contributed by atoms with van der Waals surface area (Å²) in [6.07, 6.45) is 1.58. The van der Waals surface area contributed by atoms with Crippen molar-refractivity contribution in [1.29, 1.82) is 0 Å². The Labute approximate surface area is 145 Å². The number of nitrogens with zero attached hydrogens (tertiary/aromatic N) is 2. The van der Waals surface area contributed by atoms with Crippen LogP contribution in [-0.4, -0.2) is 52.5 Å². The highest BCUT2D eigenvalue weighted by molar-refractivity contribution is 8.15. The Morgan fingerprint density at radius 3 is 2.88 bits per heavy atom. The van der Waals surface area contributed by atoms with Crippen molar-refractivity contribution in [3.63, 3.8) is 0 Å². The normalized spacial score (nSPS) is 16.4. The van der Waals surface area contributed by atoms with Crippen LogP contribution in [0.5, 0.6) is 0 Å². The summed E-state index contributed by atoms with van der Waals surface area (Å²) in [5.74, 6) is -0.0243. The Morgan fingerprint density at radius 1 is 1.33 bits per heavy atom. The molecular formula is C16H21N3O4S. The molecule has 7 nitrogen and oxygen atoms in total. The van der Waals surface area contributed by atoms with Gasteiger partial charge in [0.15, 0.2) is 0 Å². The summed E-state index contributed by atoms with van der Waals surface area (Å²) in [7, 11) is 0. The van der Waals surface area contributed by atoms with Crippen molar-refractivity contribution in [2.24, 2.45) is 5.16 Å². The van der Waals surface area contributed by atoms with Crippen LogP contribution in [0.25, 0.3) is 0 Å². The van der Waals surface area contributed by atoms with E-state index >= 15 is 0 Å². The van der Waals surface area contributed by atoms with E-state index in [1.165, 1.54) is 0 Å². The number of hydrogen-bond donors (Lipinski definition) is 2. The van der Waals surface area contributed by atoms with Gasteiger partial charge in [-0.1, -0.05) is 47.2 Å². The lowest BCUT2D eigenvalue weighted by Crippen LogP contribution is -2.49. The molecule has 3 amide bonds. The minimum atomic E-state index is -0.558. The third-order valence-corrected chi connectivity index (χ3v) is 4.34. The van der Waals surface area contributed by atoms with Crippen LogP contribution >= 0.6 is 11.8 Å². The second-order valence-corrected chi connectivity index (χ2v) is 6.27. The number of benzene rings is 1. The molecule has 1 fully saturated rings. The molecule has 0 bridgehead atoms. The lowest BCUT2D eigenvalue weighted by molar-refractivity contribution is -0.121. The molecule has 0 aromatic heterocycles. The number of hydrogen-bond acceptors (Lipinski definition) is 6. The third kappa shape index (κ3) is 5.54. The number of ether oxygens (including phenoxy) is 1. The number of thioether (sulfide) groups is 1. The lowest BCUT2D eigenvalue weighted by atomic mass is 10.2. The number of urea groups is 1. The maximum Gasteiger partial charge on any atom is 0.324 e. The van der Waals surface area contributed by atoms with Crippen LogP contribution in [0.3, 0.4) is 0 Å². The van der Waals surface area contributed by atoms with E-state index in [-0.39, 0.29) is 5.04 Å². The fourth-order valence-corrected chi connectivity index (χ4v) is 2.92. The molecule has 1 aliphatic heterocycles. The zero-order valence-corrected chi connectivity index (χ0v) is 14.1. The predicted molar refractivity (Wildman–Crippen MR) is 92.1 cm³/mol. The zero-order chi connectivity index (χ0) is 17.2. The first-order valence-corrected chi connectivity index (χ1v) is 8.77. The van der Waals surface area contributed by atoms with Crippen LogP contribution in [0, 0.1) is 0 Å². The highest BCUT2D eigenvalue weighted by Gasteiger charge is 2.30. The predicted octanol–water partition coefficient (Wildman–Crippen LogP) is 2.06. The number of unbranched alkanes of at least 4 members (excludes halogenated alkanes) is 1. The molecule has 1 aliphatic rings. The van der Waals surface area contributed by atoms with E-state index < -0.39 is 11.9 Å². The van der Waals surface area contributed by atoms with E-state index in [0.29, 0.717) is 32.1 Å². The second kappa shape index (κ2) is 9.94. The number of imide groups is 1. The molecule has 1 aromatic carbocycles. The van der Waals surface area contributed by atoms with Crippen LogP contribution in [0.1, 0.15) is 18.4 Å². The van der Waals surface area contributed by atoms with Crippen LogP contribution in [-0.2, 0) is 16.1 Å². The fourth-order valence-electron chi connectivity index (χ4n) is 2.16. The summed E-state index contributed by atoms with van der Waals surface area (Å²) >= 11 is 1.14. The summed E-state index contributed by atoms with van der Waals surface area (Å²) in [5.41, 5.74) is 1.13. The van der Waals surface area contributed by atoms with Gasteiger partial charge in [0, 0.05) is 25.4 Å². The van der Waals surface area contributed by atoms with Crippen LogP contribution < -0.4 is 5.32 Å². The van der Waals surface area contributed by atoms with Gasteiger partial charge in [0.2, 0.25) is 5.04 Å². The molecule has 0 atom stereocenters. The van der Waals surface area contributed by atoms with Gasteiger partial charge in [-0.05, 0) is 18.4 Å². The molecule has 0 unspecified atom stereocenters. The van der Waals surface area contributed by atoms with Crippen molar-refractivity contribution in [3.8, 4) is 0 Å². The molecule has 8 heteroatoms. The minimum absolute atomic E-state index is 0.0503. The Bertz CT molecular complexity index is 580. The van der Waals surface area contributed by atoms with Crippen molar-refractivity contribution in [2.45, 2.75) is 19.4 Å². The maximum absolute atomic E-state index is 12.0. The Kier molecular flexibility index (Phi) is 7.57. The Balaban J connectivity index is 1.57. The topological polar surface area (TPSA) is 91.2 Å². The number of amides is 3. The van der Waals surface area contributed by atoms with E-state index in [4.69, 9.17) is 9.94 Å². The molecule has 0 spiro atoms. The van der Waals surface area contributed by atoms with E-state index in [9.17, 15) is 9.59 Å². The largest absolute Gasteiger partial charge is 0.410 e. The maximum atomic E-state index is 12.0. The van der Waals surface area contributed by atoms with E-state index in [0.717, 1.165) is 35.1 Å². The van der Waals surface area contributed by atoms with Gasteiger partial charge < -0.3 is 15.3 Å². The van der Waals surface area contributed by atoms with Crippen LogP contribution in [0.2, 0.25) is 0 Å². The van der Waals surface area contributed by atoms with Crippen molar-refractivity contribution < 1.29 is 19.5 Å². The van der Waals surface area contributed by atoms with Gasteiger partial charge in [-0.25, -0.2) is 4.79 Å². The monoisotopic (exact) mass is 351 g/mol. The van der Waals surface area contributed by atoms with E-state index in [1.807, 2.05) is 30.3 Å². The summed E-state index contributed by atoms with van der Waals surface area (Å²) < 4.78 is 5.57. The van der Waals surface area contributed by atoms with Crippen molar-refractivity contribution in [2.75, 3.05) is 25.4 Å². The summed E-state index contributed by atoms with van der Waals surface area (Å²) in [6, 6.07) is 9.48. The molecule has 0 radical (unpaired) electrons. The van der Waals surface area contributed by atoms with E-state index in [1.54, 1.807) is 0 Å². The van der Waals surface area contributed by atoms with Gasteiger partial charge in [-0.2, -0.15) is 0 Å². The third-order valence-electron chi connectivity index (χ3n) is 3.42. The van der Waals surface area contributed by atoms with Gasteiger partial charge in [0.1, 0.15) is 0 Å². The zero-order valence-electron chi connectivity index (χ0n) is 13.3. The van der Waals surface area contributed by atoms with Gasteiger partial charge >= 0.3 is 6.03 Å². The molecular weight excluding hydrogens is 330 g/mol. The standard InChI is InChI=1S/C16H21N3O4S/c20-15-14(18-22)24-11-9-19(15)16(21)17-8-4-5-10-23-12-13-6-2-1-3-7-13/h1-3,6-7,22H,4-5,8-12H2,(H,17,21). The van der Waals surface area contributed by atoms with Gasteiger partial charge in [-0.3, -0.25) is 9.69 Å². The number of rotatable bonds is 7. The van der Waals surface area contributed by atoms with Gasteiger partial charge in [0.25, 0.3) is 5.91 Å². The quantitative estimate of drug-likeness (QED) is 0.446. The second-order valence-electron chi connectivity index (χ2n) is 5.19.